The van der Waals surface area contributed by atoms with Gasteiger partial charge in [0.05, 0.1) is 56.2 Å². The molecular weight excluding hydrogens is 781 g/mol. The highest BCUT2D eigenvalue weighted by atomic mass is 14.9. The Bertz CT molecular complexity index is 3670. The van der Waals surface area contributed by atoms with Crippen molar-refractivity contribution in [3.8, 4) is 78.9 Å². The summed E-state index contributed by atoms with van der Waals surface area (Å²) >= 11 is 0. The molecule has 0 N–H and O–H groups in total. The predicted octanol–water partition coefficient (Wildman–Crippen LogP) is 14.3. The number of pyridine rings is 4. The average molecular weight is 817 g/mol. The first-order valence-electron chi connectivity index (χ1n) is 21.3. The normalized spacial score (nSPS) is 11.4. The number of aromatic nitrogens is 6. The second kappa shape index (κ2) is 15.6. The van der Waals surface area contributed by atoms with Crippen molar-refractivity contribution in [2.45, 2.75) is 0 Å². The molecule has 0 spiro atoms. The van der Waals surface area contributed by atoms with E-state index in [0.29, 0.717) is 5.82 Å². The number of hydrogen-bond donors (Lipinski definition) is 0. The molecule has 0 aliphatic carbocycles. The predicted molar refractivity (Wildman–Crippen MR) is 261 cm³/mol. The molecule has 64 heavy (non-hydrogen) atoms. The molecule has 0 fully saturated rings. The van der Waals surface area contributed by atoms with Crippen LogP contribution in [-0.2, 0) is 0 Å². The molecule has 7 aromatic carbocycles. The van der Waals surface area contributed by atoms with E-state index in [0.717, 1.165) is 117 Å². The maximum atomic E-state index is 5.23. The quantitative estimate of drug-likeness (QED) is 0.149. The van der Waals surface area contributed by atoms with E-state index in [4.69, 9.17) is 29.9 Å². The summed E-state index contributed by atoms with van der Waals surface area (Å²) in [5, 5.41) is 4.24. The van der Waals surface area contributed by atoms with Gasteiger partial charge in [0.1, 0.15) is 0 Å². The van der Waals surface area contributed by atoms with E-state index >= 15 is 0 Å². The molecular formula is C58H36N6. The summed E-state index contributed by atoms with van der Waals surface area (Å²) in [5.41, 5.74) is 15.9. The molecule has 298 valence electrons. The van der Waals surface area contributed by atoms with Crippen molar-refractivity contribution in [3.05, 3.63) is 218 Å². The van der Waals surface area contributed by atoms with Crippen LogP contribution in [0.4, 0.5) is 0 Å². The Balaban J connectivity index is 0.877. The fourth-order valence-electron chi connectivity index (χ4n) is 8.48. The Labute approximate surface area is 369 Å². The maximum absolute atomic E-state index is 5.23. The largest absolute Gasteiger partial charge is 0.248 e. The third kappa shape index (κ3) is 6.99. The fraction of sp³-hybridized carbons (Fsp3) is 0. The van der Waals surface area contributed by atoms with Gasteiger partial charge in [0.15, 0.2) is 5.82 Å². The summed E-state index contributed by atoms with van der Waals surface area (Å²) in [6.45, 7) is 0. The van der Waals surface area contributed by atoms with Gasteiger partial charge in [-0.1, -0.05) is 170 Å². The van der Waals surface area contributed by atoms with Crippen LogP contribution in [0, 0.1) is 0 Å². The molecule has 12 aromatic rings. The first-order chi connectivity index (χ1) is 31.6. The monoisotopic (exact) mass is 816 g/mol. The fourth-order valence-corrected chi connectivity index (χ4v) is 8.48. The van der Waals surface area contributed by atoms with Gasteiger partial charge in [0.2, 0.25) is 0 Å². The lowest BCUT2D eigenvalue weighted by Crippen LogP contribution is -1.97. The van der Waals surface area contributed by atoms with E-state index in [1.54, 1.807) is 0 Å². The molecule has 0 saturated carbocycles. The zero-order valence-corrected chi connectivity index (χ0v) is 34.5. The number of nitrogens with zero attached hydrogens (tertiary/aromatic N) is 6. The van der Waals surface area contributed by atoms with Crippen LogP contribution < -0.4 is 0 Å². The Morgan fingerprint density at radius 3 is 1.27 bits per heavy atom. The van der Waals surface area contributed by atoms with Crippen molar-refractivity contribution in [2.24, 2.45) is 0 Å². The molecule has 12 rings (SSSR count). The topological polar surface area (TPSA) is 77.3 Å². The molecule has 5 aromatic heterocycles. The van der Waals surface area contributed by atoms with Crippen LogP contribution in [0.1, 0.15) is 0 Å². The molecule has 0 unspecified atom stereocenters. The van der Waals surface area contributed by atoms with Crippen LogP contribution >= 0.6 is 0 Å². The van der Waals surface area contributed by atoms with E-state index in [1.807, 2.05) is 78.9 Å². The highest BCUT2D eigenvalue weighted by molar-refractivity contribution is 6.04. The molecule has 6 heteroatoms. The van der Waals surface area contributed by atoms with E-state index in [2.05, 4.69) is 140 Å². The van der Waals surface area contributed by atoms with Gasteiger partial charge in [-0.05, 0) is 59.7 Å². The highest BCUT2D eigenvalue weighted by Crippen LogP contribution is 2.34. The lowest BCUT2D eigenvalue weighted by Gasteiger charge is -2.11. The Kier molecular flexibility index (Phi) is 9.05. The molecule has 5 heterocycles. The lowest BCUT2D eigenvalue weighted by atomic mass is 9.99. The summed E-state index contributed by atoms with van der Waals surface area (Å²) in [4.78, 5) is 30.7. The molecule has 0 radical (unpaired) electrons. The van der Waals surface area contributed by atoms with Crippen molar-refractivity contribution in [1.29, 1.82) is 0 Å². The molecule has 0 atom stereocenters. The van der Waals surface area contributed by atoms with Gasteiger partial charge in [-0.15, -0.1) is 0 Å². The minimum Gasteiger partial charge on any atom is -0.248 e. The first kappa shape index (κ1) is 37.1. The van der Waals surface area contributed by atoms with E-state index in [1.165, 1.54) is 0 Å². The van der Waals surface area contributed by atoms with Crippen LogP contribution in [0.15, 0.2) is 218 Å². The number of fused-ring (bicyclic) bond motifs is 5. The SMILES string of the molecule is c1ccc(-c2cc(-c3ccc4ccc(-c5ccc6ccc(-c7cccc(-c8ccc9ccc%10ccc(-c%11ccccc%11)nc%10c9n8)c7)cc6n5)cc4n3)nc(-c3ccccc3)n2)cc1. The third-order valence-corrected chi connectivity index (χ3v) is 11.9. The lowest BCUT2D eigenvalue weighted by molar-refractivity contribution is 1.17. The van der Waals surface area contributed by atoms with Gasteiger partial charge in [-0.25, -0.2) is 29.9 Å². The van der Waals surface area contributed by atoms with Gasteiger partial charge >= 0.3 is 0 Å². The van der Waals surface area contributed by atoms with Crippen molar-refractivity contribution in [2.75, 3.05) is 0 Å². The molecule has 0 amide bonds. The summed E-state index contributed by atoms with van der Waals surface area (Å²) in [5.74, 6) is 0.661. The third-order valence-electron chi connectivity index (χ3n) is 11.9. The second-order valence-electron chi connectivity index (χ2n) is 16.0. The number of rotatable bonds is 7. The smallest absolute Gasteiger partial charge is 0.160 e. The summed E-state index contributed by atoms with van der Waals surface area (Å²) < 4.78 is 0. The maximum Gasteiger partial charge on any atom is 0.160 e. The summed E-state index contributed by atoms with van der Waals surface area (Å²) in [6.07, 6.45) is 0. The second-order valence-corrected chi connectivity index (χ2v) is 16.0. The standard InChI is InChI=1S/C58H36N6/c1-4-11-37(12-5-1)48-30-27-41-21-22-42-28-31-50(62-57(42)56(41)61-48)46-18-10-17-44(33-46)45-23-19-39-25-29-49(59-52(39)34-45)47-24-20-40-26-32-51(60-53(40)35-47)55-36-54(38-13-6-2-7-14-38)63-58(64-55)43-15-8-3-9-16-43/h1-36H. The molecule has 0 saturated heterocycles. The van der Waals surface area contributed by atoms with Gasteiger partial charge < -0.3 is 0 Å². The van der Waals surface area contributed by atoms with E-state index < -0.39 is 0 Å². The van der Waals surface area contributed by atoms with Crippen LogP contribution in [0.5, 0.6) is 0 Å². The minimum atomic E-state index is 0.661. The Hall–Kier alpha value is -8.74. The number of benzene rings is 7. The van der Waals surface area contributed by atoms with Crippen LogP contribution in [0.3, 0.4) is 0 Å². The van der Waals surface area contributed by atoms with Crippen LogP contribution in [-0.4, -0.2) is 29.9 Å². The Morgan fingerprint density at radius 1 is 0.203 bits per heavy atom. The van der Waals surface area contributed by atoms with Gasteiger partial charge in [-0.3, -0.25) is 0 Å². The first-order valence-corrected chi connectivity index (χ1v) is 21.3. The molecule has 6 nitrogen and oxygen atoms in total. The summed E-state index contributed by atoms with van der Waals surface area (Å²) in [6, 6.07) is 75.1. The number of hydrogen-bond acceptors (Lipinski definition) is 6. The summed E-state index contributed by atoms with van der Waals surface area (Å²) in [7, 11) is 0. The van der Waals surface area contributed by atoms with E-state index in [-0.39, 0.29) is 0 Å². The minimum absolute atomic E-state index is 0.661. The zero-order valence-electron chi connectivity index (χ0n) is 34.5. The van der Waals surface area contributed by atoms with Gasteiger partial charge in [0, 0.05) is 49.4 Å². The van der Waals surface area contributed by atoms with Crippen LogP contribution in [0.2, 0.25) is 0 Å². The van der Waals surface area contributed by atoms with Gasteiger partial charge in [-0.2, -0.15) is 0 Å². The van der Waals surface area contributed by atoms with Gasteiger partial charge in [0.25, 0.3) is 0 Å². The Morgan fingerprint density at radius 2 is 0.609 bits per heavy atom. The van der Waals surface area contributed by atoms with Crippen LogP contribution in [0.25, 0.3) is 123 Å². The molecule has 0 aliphatic heterocycles. The zero-order chi connectivity index (χ0) is 42.4. The van der Waals surface area contributed by atoms with Crippen molar-refractivity contribution in [3.63, 3.8) is 0 Å². The van der Waals surface area contributed by atoms with Crippen molar-refractivity contribution < 1.29 is 0 Å². The van der Waals surface area contributed by atoms with Crippen molar-refractivity contribution >= 4 is 43.6 Å². The highest BCUT2D eigenvalue weighted by Gasteiger charge is 2.14. The average Bonchev–Trinajstić information content (AvgIpc) is 3.38. The van der Waals surface area contributed by atoms with Crippen molar-refractivity contribution in [1.82, 2.24) is 29.9 Å². The molecule has 0 aliphatic rings. The molecule has 0 bridgehead atoms. The van der Waals surface area contributed by atoms with E-state index in [9.17, 15) is 0 Å².